The highest BCUT2D eigenvalue weighted by Gasteiger charge is 2.29. The molecule has 0 atom stereocenters. The zero-order chi connectivity index (χ0) is 20.3. The Morgan fingerprint density at radius 2 is 1.61 bits per heavy atom. The van der Waals surface area contributed by atoms with Crippen LogP contribution in [0.4, 0.5) is 5.69 Å². The van der Waals surface area contributed by atoms with Crippen LogP contribution in [0.2, 0.25) is 15.1 Å². The molecular weight excluding hydrogens is 445 g/mol. The van der Waals surface area contributed by atoms with Crippen LogP contribution in [0.25, 0.3) is 0 Å². The number of piperazine rings is 1. The predicted octanol–water partition coefficient (Wildman–Crippen LogP) is 3.59. The first kappa shape index (κ1) is 21.4. The molecule has 1 aliphatic rings. The minimum absolute atomic E-state index is 0.137. The van der Waals surface area contributed by atoms with Gasteiger partial charge in [-0.25, -0.2) is 8.42 Å². The van der Waals surface area contributed by atoms with Crippen LogP contribution in [0.3, 0.4) is 0 Å². The lowest BCUT2D eigenvalue weighted by atomic mass is 10.3. The average molecular weight is 463 g/mol. The minimum atomic E-state index is -3.57. The van der Waals surface area contributed by atoms with Gasteiger partial charge in [-0.05, 0) is 36.4 Å². The van der Waals surface area contributed by atoms with Crippen LogP contribution in [0.5, 0.6) is 0 Å². The molecule has 0 unspecified atom stereocenters. The number of carbonyl (C=O) groups excluding carboxylic acids is 1. The number of sulfonamides is 1. The zero-order valence-electron chi connectivity index (χ0n) is 14.7. The Balaban J connectivity index is 1.56. The number of hydrogen-bond donors (Lipinski definition) is 1. The van der Waals surface area contributed by atoms with Crippen molar-refractivity contribution >= 4 is 56.4 Å². The molecule has 0 bridgehead atoms. The fraction of sp³-hybridized carbons (Fsp3) is 0.278. The van der Waals surface area contributed by atoms with Crippen LogP contribution < -0.4 is 5.32 Å². The summed E-state index contributed by atoms with van der Waals surface area (Å²) in [4.78, 5) is 14.4. The van der Waals surface area contributed by atoms with Crippen LogP contribution in [0.15, 0.2) is 47.4 Å². The topological polar surface area (TPSA) is 69.7 Å². The molecule has 2 aromatic rings. The van der Waals surface area contributed by atoms with Gasteiger partial charge in [0.05, 0.1) is 27.2 Å². The van der Waals surface area contributed by atoms with Crippen molar-refractivity contribution in [1.29, 1.82) is 0 Å². The van der Waals surface area contributed by atoms with Crippen molar-refractivity contribution in [2.24, 2.45) is 0 Å². The van der Waals surface area contributed by atoms with Gasteiger partial charge in [0.15, 0.2) is 0 Å². The van der Waals surface area contributed by atoms with Crippen molar-refractivity contribution in [2.75, 3.05) is 38.0 Å². The summed E-state index contributed by atoms with van der Waals surface area (Å²) in [5, 5.41) is 3.86. The van der Waals surface area contributed by atoms with E-state index >= 15 is 0 Å². The maximum absolute atomic E-state index is 12.7. The van der Waals surface area contributed by atoms with Crippen LogP contribution in [0, 0.1) is 0 Å². The summed E-state index contributed by atoms with van der Waals surface area (Å²) in [5.41, 5.74) is 0.447. The molecule has 1 fully saturated rings. The number of anilines is 1. The molecule has 1 heterocycles. The first-order valence-electron chi connectivity index (χ1n) is 8.49. The molecule has 3 rings (SSSR count). The van der Waals surface area contributed by atoms with Gasteiger partial charge in [-0.3, -0.25) is 9.69 Å². The molecule has 6 nitrogen and oxygen atoms in total. The molecule has 0 saturated carbocycles. The highest BCUT2D eigenvalue weighted by Crippen LogP contribution is 2.29. The summed E-state index contributed by atoms with van der Waals surface area (Å²) < 4.78 is 26.8. The number of hydrogen-bond acceptors (Lipinski definition) is 4. The highest BCUT2D eigenvalue weighted by atomic mass is 35.5. The third kappa shape index (κ3) is 4.97. The van der Waals surface area contributed by atoms with Crippen molar-refractivity contribution in [3.05, 3.63) is 57.5 Å². The number of carbonyl (C=O) groups is 1. The second kappa shape index (κ2) is 8.98. The molecule has 0 aliphatic carbocycles. The lowest BCUT2D eigenvalue weighted by Gasteiger charge is -2.33. The summed E-state index contributed by atoms with van der Waals surface area (Å²) in [6.07, 6.45) is 0. The van der Waals surface area contributed by atoms with Gasteiger partial charge in [0.1, 0.15) is 0 Å². The molecule has 1 N–H and O–H groups in total. The third-order valence-corrected chi connectivity index (χ3v) is 7.36. The first-order valence-corrected chi connectivity index (χ1v) is 11.1. The summed E-state index contributed by atoms with van der Waals surface area (Å²) in [5.74, 6) is -0.238. The molecule has 1 aliphatic heterocycles. The molecule has 1 saturated heterocycles. The van der Waals surface area contributed by atoms with Gasteiger partial charge in [0.25, 0.3) is 0 Å². The maximum Gasteiger partial charge on any atom is 0.243 e. The normalized spacial score (nSPS) is 16.1. The maximum atomic E-state index is 12.7. The lowest BCUT2D eigenvalue weighted by molar-refractivity contribution is -0.117. The van der Waals surface area contributed by atoms with Gasteiger partial charge in [-0.1, -0.05) is 40.9 Å². The molecule has 0 aromatic heterocycles. The SMILES string of the molecule is O=C(CN1CCN(S(=O)(=O)c2ccc(Cl)cc2)CC1)Nc1cccc(Cl)c1Cl. The predicted molar refractivity (Wildman–Crippen MR) is 112 cm³/mol. The molecule has 10 heteroatoms. The summed E-state index contributed by atoms with van der Waals surface area (Å²) in [6.45, 7) is 1.64. The second-order valence-electron chi connectivity index (χ2n) is 6.28. The van der Waals surface area contributed by atoms with E-state index in [9.17, 15) is 13.2 Å². The van der Waals surface area contributed by atoms with Crippen LogP contribution in [-0.4, -0.2) is 56.3 Å². The van der Waals surface area contributed by atoms with Gasteiger partial charge < -0.3 is 5.32 Å². The van der Waals surface area contributed by atoms with Gasteiger partial charge >= 0.3 is 0 Å². The van der Waals surface area contributed by atoms with Crippen molar-refractivity contribution < 1.29 is 13.2 Å². The lowest BCUT2D eigenvalue weighted by Crippen LogP contribution is -2.50. The van der Waals surface area contributed by atoms with E-state index in [0.717, 1.165) is 0 Å². The Bertz CT molecular complexity index is 960. The number of halogens is 3. The molecular formula is C18H18Cl3N3O3S. The number of benzene rings is 2. The Hall–Kier alpha value is -1.35. The first-order chi connectivity index (χ1) is 13.3. The standard InChI is InChI=1S/C18H18Cl3N3O3S/c19-13-4-6-14(7-5-13)28(26,27)24-10-8-23(9-11-24)12-17(25)22-16-3-1-2-15(20)18(16)21/h1-7H,8-12H2,(H,22,25). The molecule has 150 valence electrons. The van der Waals surface area contributed by atoms with E-state index in [0.29, 0.717) is 41.9 Å². The van der Waals surface area contributed by atoms with Crippen LogP contribution >= 0.6 is 34.8 Å². The largest absolute Gasteiger partial charge is 0.324 e. The Morgan fingerprint density at radius 3 is 2.25 bits per heavy atom. The van der Waals surface area contributed by atoms with E-state index in [2.05, 4.69) is 5.32 Å². The molecule has 1 amide bonds. The highest BCUT2D eigenvalue weighted by molar-refractivity contribution is 7.89. The van der Waals surface area contributed by atoms with E-state index in [1.54, 1.807) is 30.3 Å². The average Bonchev–Trinajstić information content (AvgIpc) is 2.66. The monoisotopic (exact) mass is 461 g/mol. The minimum Gasteiger partial charge on any atom is -0.324 e. The van der Waals surface area contributed by atoms with E-state index < -0.39 is 10.0 Å². The molecule has 28 heavy (non-hydrogen) atoms. The van der Waals surface area contributed by atoms with E-state index in [1.807, 2.05) is 4.90 Å². The number of nitrogens with zero attached hydrogens (tertiary/aromatic N) is 2. The smallest absolute Gasteiger partial charge is 0.243 e. The third-order valence-electron chi connectivity index (χ3n) is 4.38. The van der Waals surface area contributed by atoms with Gasteiger partial charge in [0, 0.05) is 31.2 Å². The fourth-order valence-corrected chi connectivity index (χ4v) is 4.77. The fourth-order valence-electron chi connectivity index (χ4n) is 2.88. The van der Waals surface area contributed by atoms with Gasteiger partial charge in [0.2, 0.25) is 15.9 Å². The Morgan fingerprint density at radius 1 is 0.964 bits per heavy atom. The number of rotatable bonds is 5. The van der Waals surface area contributed by atoms with Crippen molar-refractivity contribution in [2.45, 2.75) is 4.90 Å². The van der Waals surface area contributed by atoms with Crippen LogP contribution in [0.1, 0.15) is 0 Å². The number of amides is 1. The molecule has 0 radical (unpaired) electrons. The summed E-state index contributed by atoms with van der Waals surface area (Å²) in [6, 6.07) is 11.1. The van der Waals surface area contributed by atoms with Gasteiger partial charge in [-0.2, -0.15) is 4.31 Å². The second-order valence-corrected chi connectivity index (χ2v) is 9.44. The number of nitrogens with one attached hydrogen (secondary N) is 1. The van der Waals surface area contributed by atoms with Crippen LogP contribution in [-0.2, 0) is 14.8 Å². The zero-order valence-corrected chi connectivity index (χ0v) is 17.8. The summed E-state index contributed by atoms with van der Waals surface area (Å²) >= 11 is 17.8. The van der Waals surface area contributed by atoms with Crippen molar-refractivity contribution in [1.82, 2.24) is 9.21 Å². The van der Waals surface area contributed by atoms with Crippen molar-refractivity contribution in [3.63, 3.8) is 0 Å². The van der Waals surface area contributed by atoms with E-state index in [-0.39, 0.29) is 22.4 Å². The van der Waals surface area contributed by atoms with Crippen molar-refractivity contribution in [3.8, 4) is 0 Å². The molecule has 2 aromatic carbocycles. The van der Waals surface area contributed by atoms with Gasteiger partial charge in [-0.15, -0.1) is 0 Å². The summed E-state index contributed by atoms with van der Waals surface area (Å²) in [7, 11) is -3.57. The quantitative estimate of drug-likeness (QED) is 0.737. The molecule has 0 spiro atoms. The Kier molecular flexibility index (Phi) is 6.85. The van der Waals surface area contributed by atoms with E-state index in [4.69, 9.17) is 34.8 Å². The van der Waals surface area contributed by atoms with E-state index in [1.165, 1.54) is 16.4 Å². The Labute approximate surface area is 179 Å².